The van der Waals surface area contributed by atoms with E-state index in [0.717, 1.165) is 0 Å². The number of nitrogens with zero attached hydrogens (tertiary/aromatic N) is 1. The van der Waals surface area contributed by atoms with Gasteiger partial charge in [-0.25, -0.2) is 0 Å². The summed E-state index contributed by atoms with van der Waals surface area (Å²) in [6, 6.07) is 4.76. The number of halogens is 2. The minimum absolute atomic E-state index is 1.22. The fourth-order valence-electron chi connectivity index (χ4n) is 3.40. The summed E-state index contributed by atoms with van der Waals surface area (Å²) < 4.78 is 2.81. The third-order valence-electron chi connectivity index (χ3n) is 5.13. The first kappa shape index (κ1) is 24.5. The highest BCUT2D eigenvalue weighted by molar-refractivity contribution is 14.1. The van der Waals surface area contributed by atoms with Crippen molar-refractivity contribution < 1.29 is 0 Å². The number of benzene rings is 1. The molecule has 0 aliphatic rings. The topological polar surface area (TPSA) is 3.24 Å². The lowest BCUT2D eigenvalue weighted by Gasteiger charge is -2.27. The fourth-order valence-corrected chi connectivity index (χ4v) is 4.81. The van der Waals surface area contributed by atoms with Crippen LogP contribution in [0.5, 0.6) is 0 Å². The maximum atomic E-state index is 2.67. The molecule has 0 radical (unpaired) electrons. The van der Waals surface area contributed by atoms with Gasteiger partial charge in [0, 0.05) is 20.2 Å². The molecule has 1 aromatic carbocycles. The summed E-state index contributed by atoms with van der Waals surface area (Å²) in [5, 5.41) is 0. The standard InChI is InChI=1S/C23H39I2N/c1-4-6-8-10-12-14-16-26(17-15-13-11-9-7-5-2)23-19-21(24)20(3)18-22(23)25/h18-19H,4-17H2,1-3H3. The van der Waals surface area contributed by atoms with Crippen LogP contribution in [0.4, 0.5) is 5.69 Å². The van der Waals surface area contributed by atoms with Gasteiger partial charge in [-0.2, -0.15) is 0 Å². The molecule has 1 aromatic rings. The van der Waals surface area contributed by atoms with Crippen molar-refractivity contribution in [1.82, 2.24) is 0 Å². The second-order valence-corrected chi connectivity index (χ2v) is 9.90. The van der Waals surface area contributed by atoms with E-state index < -0.39 is 0 Å². The fraction of sp³-hybridized carbons (Fsp3) is 0.739. The van der Waals surface area contributed by atoms with Gasteiger partial charge in [-0.1, -0.05) is 78.1 Å². The van der Waals surface area contributed by atoms with E-state index in [0.29, 0.717) is 0 Å². The minimum atomic E-state index is 1.22. The van der Waals surface area contributed by atoms with Crippen molar-refractivity contribution in [3.05, 3.63) is 24.8 Å². The molecule has 150 valence electrons. The van der Waals surface area contributed by atoms with Gasteiger partial charge in [-0.15, -0.1) is 0 Å². The van der Waals surface area contributed by atoms with Crippen LogP contribution in [0, 0.1) is 14.1 Å². The lowest BCUT2D eigenvalue weighted by Crippen LogP contribution is -2.26. The second-order valence-electron chi connectivity index (χ2n) is 7.58. The molecular formula is C23H39I2N. The average molecular weight is 583 g/mol. The smallest absolute Gasteiger partial charge is 0.0512 e. The molecule has 1 rings (SSSR count). The number of hydrogen-bond donors (Lipinski definition) is 0. The molecule has 0 bridgehead atoms. The predicted octanol–water partition coefficient (Wildman–Crippen LogP) is 8.73. The van der Waals surface area contributed by atoms with Crippen LogP contribution in [-0.2, 0) is 0 Å². The van der Waals surface area contributed by atoms with Crippen LogP contribution in [0.3, 0.4) is 0 Å². The van der Waals surface area contributed by atoms with Gasteiger partial charge in [0.25, 0.3) is 0 Å². The van der Waals surface area contributed by atoms with Crippen LogP contribution >= 0.6 is 45.2 Å². The molecule has 0 atom stereocenters. The van der Waals surface area contributed by atoms with Crippen LogP contribution < -0.4 is 4.90 Å². The maximum absolute atomic E-state index is 2.67. The molecule has 0 aliphatic carbocycles. The van der Waals surface area contributed by atoms with Gasteiger partial charge >= 0.3 is 0 Å². The Kier molecular flexibility index (Phi) is 14.5. The molecule has 3 heteroatoms. The molecule has 0 spiro atoms. The van der Waals surface area contributed by atoms with E-state index in [4.69, 9.17) is 0 Å². The van der Waals surface area contributed by atoms with Crippen LogP contribution in [0.2, 0.25) is 0 Å². The van der Waals surface area contributed by atoms with Crippen LogP contribution in [0.15, 0.2) is 12.1 Å². The highest BCUT2D eigenvalue weighted by Gasteiger charge is 2.12. The van der Waals surface area contributed by atoms with Gasteiger partial charge in [-0.05, 0) is 82.6 Å². The Balaban J connectivity index is 2.56. The van der Waals surface area contributed by atoms with Crippen LogP contribution in [-0.4, -0.2) is 13.1 Å². The Hall–Kier alpha value is 0.480. The quantitative estimate of drug-likeness (QED) is 0.148. The number of unbranched alkanes of at least 4 members (excludes halogenated alkanes) is 10. The Bertz CT molecular complexity index is 471. The summed E-state index contributed by atoms with van der Waals surface area (Å²) in [6.07, 6.45) is 16.5. The zero-order valence-electron chi connectivity index (χ0n) is 17.3. The SMILES string of the molecule is CCCCCCCCN(CCCCCCCC)c1cc(I)c(C)cc1I. The monoisotopic (exact) mass is 583 g/mol. The van der Waals surface area contributed by atoms with Crippen molar-refractivity contribution in [1.29, 1.82) is 0 Å². The number of hydrogen-bond acceptors (Lipinski definition) is 1. The second kappa shape index (κ2) is 15.4. The maximum Gasteiger partial charge on any atom is 0.0512 e. The van der Waals surface area contributed by atoms with E-state index in [2.05, 4.69) is 83.0 Å². The molecule has 0 N–H and O–H groups in total. The summed E-state index contributed by atoms with van der Waals surface area (Å²) in [7, 11) is 0. The molecule has 1 nitrogen and oxygen atoms in total. The average Bonchev–Trinajstić information content (AvgIpc) is 2.62. The molecule has 0 fully saturated rings. The summed E-state index contributed by atoms with van der Waals surface area (Å²) in [5.41, 5.74) is 2.86. The molecule has 0 saturated carbocycles. The van der Waals surface area contributed by atoms with E-state index in [9.17, 15) is 0 Å². The van der Waals surface area contributed by atoms with Crippen molar-refractivity contribution in [3.63, 3.8) is 0 Å². The number of anilines is 1. The van der Waals surface area contributed by atoms with Crippen molar-refractivity contribution >= 4 is 50.9 Å². The Morgan fingerprint density at radius 1 is 0.654 bits per heavy atom. The van der Waals surface area contributed by atoms with Crippen molar-refractivity contribution in [2.75, 3.05) is 18.0 Å². The first-order valence-electron chi connectivity index (χ1n) is 10.8. The summed E-state index contributed by atoms with van der Waals surface area (Å²) in [4.78, 5) is 2.67. The van der Waals surface area contributed by atoms with Crippen molar-refractivity contribution in [2.24, 2.45) is 0 Å². The summed E-state index contributed by atoms with van der Waals surface area (Å²) >= 11 is 5.02. The number of aryl methyl sites for hydroxylation is 1. The van der Waals surface area contributed by atoms with E-state index in [-0.39, 0.29) is 0 Å². The first-order valence-corrected chi connectivity index (χ1v) is 13.0. The molecule has 0 amide bonds. The van der Waals surface area contributed by atoms with Crippen LogP contribution in [0.1, 0.15) is 96.5 Å². The third kappa shape index (κ3) is 10.1. The zero-order chi connectivity index (χ0) is 19.2. The molecule has 0 aromatic heterocycles. The van der Waals surface area contributed by atoms with Gasteiger partial charge in [0.15, 0.2) is 0 Å². The van der Waals surface area contributed by atoms with Gasteiger partial charge < -0.3 is 4.90 Å². The van der Waals surface area contributed by atoms with E-state index in [1.165, 1.54) is 109 Å². The molecule has 0 heterocycles. The first-order chi connectivity index (χ1) is 12.6. The van der Waals surface area contributed by atoms with E-state index in [1.54, 1.807) is 0 Å². The van der Waals surface area contributed by atoms with Crippen LogP contribution in [0.25, 0.3) is 0 Å². The largest absolute Gasteiger partial charge is 0.371 e. The molecule has 26 heavy (non-hydrogen) atoms. The Morgan fingerprint density at radius 2 is 1.12 bits per heavy atom. The Morgan fingerprint density at radius 3 is 1.62 bits per heavy atom. The lowest BCUT2D eigenvalue weighted by atomic mass is 10.1. The minimum Gasteiger partial charge on any atom is -0.371 e. The molecular weight excluding hydrogens is 544 g/mol. The Labute approximate surface area is 190 Å². The third-order valence-corrected chi connectivity index (χ3v) is 7.16. The molecule has 0 unspecified atom stereocenters. The highest BCUT2D eigenvalue weighted by atomic mass is 127. The lowest BCUT2D eigenvalue weighted by molar-refractivity contribution is 0.574. The highest BCUT2D eigenvalue weighted by Crippen LogP contribution is 2.28. The molecule has 0 saturated heterocycles. The summed E-state index contributed by atoms with van der Waals surface area (Å²) in [5.74, 6) is 0. The number of rotatable bonds is 15. The van der Waals surface area contributed by atoms with Gasteiger partial charge in [0.05, 0.1) is 5.69 Å². The van der Waals surface area contributed by atoms with Crippen molar-refractivity contribution in [2.45, 2.75) is 97.8 Å². The van der Waals surface area contributed by atoms with Gasteiger partial charge in [0.2, 0.25) is 0 Å². The van der Waals surface area contributed by atoms with Gasteiger partial charge in [-0.3, -0.25) is 0 Å². The zero-order valence-corrected chi connectivity index (χ0v) is 21.6. The predicted molar refractivity (Wildman–Crippen MR) is 136 cm³/mol. The summed E-state index contributed by atoms with van der Waals surface area (Å²) in [6.45, 7) is 9.25. The van der Waals surface area contributed by atoms with Crippen molar-refractivity contribution in [3.8, 4) is 0 Å². The van der Waals surface area contributed by atoms with Gasteiger partial charge in [0.1, 0.15) is 0 Å². The molecule has 0 aliphatic heterocycles. The van der Waals surface area contributed by atoms with E-state index >= 15 is 0 Å². The normalized spacial score (nSPS) is 11.1. The van der Waals surface area contributed by atoms with E-state index in [1.807, 2.05) is 0 Å².